The Morgan fingerprint density at radius 3 is 2.95 bits per heavy atom. The maximum atomic E-state index is 6.08. The number of pyridine rings is 1. The first kappa shape index (κ1) is 11.8. The van der Waals surface area contributed by atoms with Gasteiger partial charge >= 0.3 is 0 Å². The van der Waals surface area contributed by atoms with Crippen molar-refractivity contribution < 1.29 is 0 Å². The lowest BCUT2D eigenvalue weighted by Crippen LogP contribution is -1.91. The Kier molecular flexibility index (Phi) is 2.73. The number of hydrogen-bond donors (Lipinski definition) is 0. The summed E-state index contributed by atoms with van der Waals surface area (Å²) in [7, 11) is 1.88. The van der Waals surface area contributed by atoms with Gasteiger partial charge in [-0.05, 0) is 12.1 Å². The summed E-state index contributed by atoms with van der Waals surface area (Å²) < 4.78 is 1.78. The van der Waals surface area contributed by atoms with Crippen LogP contribution in [0.15, 0.2) is 36.5 Å². The van der Waals surface area contributed by atoms with E-state index in [2.05, 4.69) is 16.0 Å². The highest BCUT2D eigenvalue weighted by Gasteiger charge is 2.11. The molecule has 92 valence electrons. The van der Waals surface area contributed by atoms with Gasteiger partial charge in [0.25, 0.3) is 0 Å². The second-order valence-electron chi connectivity index (χ2n) is 4.22. The van der Waals surface area contributed by atoms with Gasteiger partial charge in [-0.15, -0.1) is 6.42 Å². The van der Waals surface area contributed by atoms with Gasteiger partial charge in [0.15, 0.2) is 0 Å². The Morgan fingerprint density at radius 1 is 1.32 bits per heavy atom. The molecular formula is C15H10ClN3. The van der Waals surface area contributed by atoms with Crippen LogP contribution in [0.2, 0.25) is 5.15 Å². The van der Waals surface area contributed by atoms with Crippen LogP contribution in [0, 0.1) is 12.3 Å². The van der Waals surface area contributed by atoms with Crippen molar-refractivity contribution in [3.05, 3.63) is 47.2 Å². The predicted octanol–water partition coefficient (Wildman–Crippen LogP) is 3.27. The van der Waals surface area contributed by atoms with E-state index in [0.717, 1.165) is 27.7 Å². The van der Waals surface area contributed by atoms with Crippen LogP contribution in [0.1, 0.15) is 5.56 Å². The fourth-order valence-electron chi connectivity index (χ4n) is 2.09. The van der Waals surface area contributed by atoms with E-state index in [1.807, 2.05) is 31.3 Å². The fraction of sp³-hybridized carbons (Fsp3) is 0.0667. The van der Waals surface area contributed by atoms with Gasteiger partial charge in [-0.3, -0.25) is 4.68 Å². The van der Waals surface area contributed by atoms with Gasteiger partial charge in [0, 0.05) is 29.6 Å². The number of terminal acetylenes is 1. The summed E-state index contributed by atoms with van der Waals surface area (Å²) in [4.78, 5) is 4.40. The number of aromatic nitrogens is 3. The summed E-state index contributed by atoms with van der Waals surface area (Å²) in [6, 6.07) is 9.49. The minimum Gasteiger partial charge on any atom is -0.268 e. The molecule has 3 aromatic rings. The number of nitrogens with zero attached hydrogens (tertiary/aromatic N) is 3. The lowest BCUT2D eigenvalue weighted by Gasteiger charge is -2.05. The minimum atomic E-state index is 0.442. The molecule has 1 aromatic carbocycles. The van der Waals surface area contributed by atoms with Crippen LogP contribution in [0.4, 0.5) is 0 Å². The number of fused-ring (bicyclic) bond motifs is 1. The summed E-state index contributed by atoms with van der Waals surface area (Å²) in [6.07, 6.45) is 7.22. The molecule has 0 fully saturated rings. The van der Waals surface area contributed by atoms with Gasteiger partial charge < -0.3 is 0 Å². The first-order chi connectivity index (χ1) is 9.19. The van der Waals surface area contributed by atoms with Crippen molar-refractivity contribution in [2.75, 3.05) is 0 Å². The van der Waals surface area contributed by atoms with Gasteiger partial charge in [-0.25, -0.2) is 4.98 Å². The third kappa shape index (κ3) is 1.96. The lowest BCUT2D eigenvalue weighted by molar-refractivity contribution is 0.797. The number of halogens is 1. The zero-order valence-electron chi connectivity index (χ0n) is 10.3. The topological polar surface area (TPSA) is 30.7 Å². The van der Waals surface area contributed by atoms with E-state index in [9.17, 15) is 0 Å². The second kappa shape index (κ2) is 4.42. The molecule has 0 bridgehead atoms. The highest BCUT2D eigenvalue weighted by molar-refractivity contribution is 6.30. The first-order valence-electron chi connectivity index (χ1n) is 5.74. The fourth-order valence-corrected chi connectivity index (χ4v) is 2.28. The van der Waals surface area contributed by atoms with Gasteiger partial charge in [0.2, 0.25) is 0 Å². The summed E-state index contributed by atoms with van der Waals surface area (Å²) in [5.74, 6) is 2.62. The van der Waals surface area contributed by atoms with Crippen molar-refractivity contribution in [3.8, 4) is 23.6 Å². The van der Waals surface area contributed by atoms with Crippen LogP contribution >= 0.6 is 11.6 Å². The Bertz CT molecular complexity index is 812. The van der Waals surface area contributed by atoms with Crippen molar-refractivity contribution in [1.82, 2.24) is 14.8 Å². The van der Waals surface area contributed by atoms with E-state index in [0.29, 0.717) is 5.15 Å². The Labute approximate surface area is 115 Å². The zero-order chi connectivity index (χ0) is 13.4. The van der Waals surface area contributed by atoms with E-state index in [1.165, 1.54) is 0 Å². The summed E-state index contributed by atoms with van der Waals surface area (Å²) in [5, 5.41) is 5.64. The zero-order valence-corrected chi connectivity index (χ0v) is 11.0. The number of benzene rings is 1. The molecule has 0 unspecified atom stereocenters. The number of rotatable bonds is 1. The largest absolute Gasteiger partial charge is 0.268 e. The monoisotopic (exact) mass is 267 g/mol. The SMILES string of the molecule is C#Cc1cccc(-c2nc(Cl)cc3c2cnn3C)c1. The normalized spacial score (nSPS) is 10.6. The van der Waals surface area contributed by atoms with Crippen molar-refractivity contribution in [2.24, 2.45) is 7.05 Å². The van der Waals surface area contributed by atoms with E-state index in [-0.39, 0.29) is 0 Å². The molecular weight excluding hydrogens is 258 g/mol. The smallest absolute Gasteiger partial charge is 0.131 e. The molecule has 3 rings (SSSR count). The molecule has 4 heteroatoms. The highest BCUT2D eigenvalue weighted by Crippen LogP contribution is 2.29. The van der Waals surface area contributed by atoms with Crippen molar-refractivity contribution in [1.29, 1.82) is 0 Å². The molecule has 0 saturated carbocycles. The second-order valence-corrected chi connectivity index (χ2v) is 4.61. The highest BCUT2D eigenvalue weighted by atomic mass is 35.5. The van der Waals surface area contributed by atoms with Crippen LogP contribution in [0.25, 0.3) is 22.2 Å². The number of aryl methyl sites for hydroxylation is 1. The quantitative estimate of drug-likeness (QED) is 0.500. The third-order valence-electron chi connectivity index (χ3n) is 3.02. The Morgan fingerprint density at radius 2 is 2.16 bits per heavy atom. The van der Waals surface area contributed by atoms with Gasteiger partial charge in [-0.2, -0.15) is 5.10 Å². The molecule has 0 aliphatic rings. The number of hydrogen-bond acceptors (Lipinski definition) is 2. The molecule has 2 heterocycles. The summed E-state index contributed by atoms with van der Waals surface area (Å²) in [5.41, 5.74) is 3.50. The average Bonchev–Trinajstić information content (AvgIpc) is 2.80. The maximum absolute atomic E-state index is 6.08. The molecule has 0 radical (unpaired) electrons. The molecule has 0 aliphatic carbocycles. The first-order valence-corrected chi connectivity index (χ1v) is 6.12. The van der Waals surface area contributed by atoms with Gasteiger partial charge in [0.05, 0.1) is 17.4 Å². The Hall–Kier alpha value is -2.31. The molecule has 19 heavy (non-hydrogen) atoms. The van der Waals surface area contributed by atoms with Crippen molar-refractivity contribution in [2.45, 2.75) is 0 Å². The molecule has 0 N–H and O–H groups in total. The van der Waals surface area contributed by atoms with Crippen molar-refractivity contribution >= 4 is 22.5 Å². The molecule has 2 aromatic heterocycles. The molecule has 3 nitrogen and oxygen atoms in total. The van der Waals surface area contributed by atoms with Crippen LogP contribution in [0.3, 0.4) is 0 Å². The van der Waals surface area contributed by atoms with Crippen LogP contribution in [-0.4, -0.2) is 14.8 Å². The molecule has 0 aliphatic heterocycles. The molecule has 0 atom stereocenters. The van der Waals surface area contributed by atoms with Gasteiger partial charge in [-0.1, -0.05) is 29.7 Å². The molecule has 0 saturated heterocycles. The van der Waals surface area contributed by atoms with Gasteiger partial charge in [0.1, 0.15) is 5.15 Å². The summed E-state index contributed by atoms with van der Waals surface area (Å²) >= 11 is 6.08. The average molecular weight is 268 g/mol. The predicted molar refractivity (Wildman–Crippen MR) is 76.9 cm³/mol. The summed E-state index contributed by atoms with van der Waals surface area (Å²) in [6.45, 7) is 0. The van der Waals surface area contributed by atoms with Crippen LogP contribution in [-0.2, 0) is 7.05 Å². The molecule has 0 amide bonds. The van der Waals surface area contributed by atoms with E-state index in [1.54, 1.807) is 16.9 Å². The van der Waals surface area contributed by atoms with E-state index < -0.39 is 0 Å². The maximum Gasteiger partial charge on any atom is 0.131 e. The third-order valence-corrected chi connectivity index (χ3v) is 3.21. The van der Waals surface area contributed by atoms with E-state index in [4.69, 9.17) is 18.0 Å². The lowest BCUT2D eigenvalue weighted by atomic mass is 10.1. The van der Waals surface area contributed by atoms with Crippen LogP contribution in [0.5, 0.6) is 0 Å². The molecule has 0 spiro atoms. The van der Waals surface area contributed by atoms with Crippen LogP contribution < -0.4 is 0 Å². The standard InChI is InChI=1S/C15H10ClN3/c1-3-10-5-4-6-11(7-10)15-12-9-17-19(2)13(12)8-14(16)18-15/h1,4-9H,2H3. The Balaban J connectivity index is 2.33. The minimum absolute atomic E-state index is 0.442. The van der Waals surface area contributed by atoms with Crippen molar-refractivity contribution in [3.63, 3.8) is 0 Å². The van der Waals surface area contributed by atoms with E-state index >= 15 is 0 Å².